The van der Waals surface area contributed by atoms with Gasteiger partial charge >= 0.3 is 5.69 Å². The molecule has 0 bridgehead atoms. The van der Waals surface area contributed by atoms with Gasteiger partial charge in [0, 0.05) is 32.0 Å². The van der Waals surface area contributed by atoms with E-state index < -0.39 is 0 Å². The lowest BCUT2D eigenvalue weighted by atomic mass is 10.0. The van der Waals surface area contributed by atoms with Gasteiger partial charge in [-0.25, -0.2) is 9.78 Å². The summed E-state index contributed by atoms with van der Waals surface area (Å²) in [5.74, 6) is -0.0388. The van der Waals surface area contributed by atoms with Crippen LogP contribution in [0.25, 0.3) is 11.2 Å². The summed E-state index contributed by atoms with van der Waals surface area (Å²) < 4.78 is 5.28. The molecule has 4 heterocycles. The van der Waals surface area contributed by atoms with Crippen molar-refractivity contribution in [3.05, 3.63) is 82.7 Å². The molecule has 0 saturated carbocycles. The standard InChI is InChI=1S/C24H26N6O2/c1-2-29-21(12-14-26-29)23(31)27-15-7-10-19(17-27)30-22-20(11-6-13-25-22)28(24(30)32)16-18-8-4-3-5-9-18/h3-6,8-9,11-14,19H,2,7,10,15-17H2,1H3/t19-/m0/s1. The Morgan fingerprint density at radius 2 is 1.94 bits per heavy atom. The van der Waals surface area contributed by atoms with Gasteiger partial charge in [0.25, 0.3) is 5.91 Å². The molecule has 1 saturated heterocycles. The van der Waals surface area contributed by atoms with Crippen molar-refractivity contribution in [1.29, 1.82) is 0 Å². The van der Waals surface area contributed by atoms with Crippen LogP contribution in [0.1, 0.15) is 41.9 Å². The van der Waals surface area contributed by atoms with Crippen molar-refractivity contribution in [3.63, 3.8) is 0 Å². The highest BCUT2D eigenvalue weighted by atomic mass is 16.2. The summed E-state index contributed by atoms with van der Waals surface area (Å²) in [5.41, 5.74) is 3.05. The van der Waals surface area contributed by atoms with E-state index in [0.29, 0.717) is 37.5 Å². The molecule has 0 radical (unpaired) electrons. The highest BCUT2D eigenvalue weighted by Gasteiger charge is 2.30. The van der Waals surface area contributed by atoms with Crippen molar-refractivity contribution in [2.24, 2.45) is 0 Å². The number of likely N-dealkylation sites (tertiary alicyclic amines) is 1. The Balaban J connectivity index is 1.50. The molecule has 1 atom stereocenters. The van der Waals surface area contributed by atoms with Crippen LogP contribution in [0, 0.1) is 0 Å². The third-order valence-corrected chi connectivity index (χ3v) is 6.19. The number of fused-ring (bicyclic) bond motifs is 1. The molecule has 1 aromatic carbocycles. The van der Waals surface area contributed by atoms with E-state index in [0.717, 1.165) is 23.9 Å². The maximum Gasteiger partial charge on any atom is 0.330 e. The normalized spacial score (nSPS) is 16.5. The number of nitrogens with zero attached hydrogens (tertiary/aromatic N) is 6. The fourth-order valence-electron chi connectivity index (χ4n) is 4.63. The lowest BCUT2D eigenvalue weighted by molar-refractivity contribution is 0.0666. The van der Waals surface area contributed by atoms with E-state index in [-0.39, 0.29) is 17.6 Å². The maximum absolute atomic E-state index is 13.6. The Morgan fingerprint density at radius 1 is 1.09 bits per heavy atom. The molecule has 5 rings (SSSR count). The Kier molecular flexibility index (Phi) is 5.34. The first-order valence-electron chi connectivity index (χ1n) is 11.1. The number of aryl methyl sites for hydroxylation is 1. The molecule has 0 unspecified atom stereocenters. The Hall–Kier alpha value is -3.68. The van der Waals surface area contributed by atoms with E-state index >= 15 is 0 Å². The SMILES string of the molecule is CCn1nccc1C(=O)N1CCC[C@H](n2c(=O)n(Cc3ccccc3)c3cccnc32)C1. The predicted molar refractivity (Wildman–Crippen MR) is 122 cm³/mol. The van der Waals surface area contributed by atoms with E-state index in [1.807, 2.05) is 54.3 Å². The molecule has 3 aromatic heterocycles. The Morgan fingerprint density at radius 3 is 2.75 bits per heavy atom. The lowest BCUT2D eigenvalue weighted by Crippen LogP contribution is -2.43. The van der Waals surface area contributed by atoms with Crippen LogP contribution in [0.2, 0.25) is 0 Å². The summed E-state index contributed by atoms with van der Waals surface area (Å²) in [6.45, 7) is 4.25. The van der Waals surface area contributed by atoms with Crippen molar-refractivity contribution < 1.29 is 4.79 Å². The zero-order chi connectivity index (χ0) is 22.1. The maximum atomic E-state index is 13.6. The third-order valence-electron chi connectivity index (χ3n) is 6.19. The highest BCUT2D eigenvalue weighted by molar-refractivity contribution is 5.92. The average Bonchev–Trinajstić information content (AvgIpc) is 3.42. The van der Waals surface area contributed by atoms with Crippen LogP contribution in [0.15, 0.2) is 65.7 Å². The van der Waals surface area contributed by atoms with Gasteiger partial charge in [0.05, 0.1) is 18.1 Å². The molecule has 32 heavy (non-hydrogen) atoms. The average molecular weight is 431 g/mol. The highest BCUT2D eigenvalue weighted by Crippen LogP contribution is 2.25. The molecule has 0 spiro atoms. The number of benzene rings is 1. The fourth-order valence-corrected chi connectivity index (χ4v) is 4.63. The zero-order valence-electron chi connectivity index (χ0n) is 18.1. The van der Waals surface area contributed by atoms with Gasteiger partial charge in [-0.3, -0.25) is 18.6 Å². The van der Waals surface area contributed by atoms with Crippen LogP contribution in [-0.2, 0) is 13.1 Å². The number of pyridine rings is 1. The first-order valence-corrected chi connectivity index (χ1v) is 11.1. The topological polar surface area (TPSA) is 78.0 Å². The minimum absolute atomic E-state index is 0.0388. The summed E-state index contributed by atoms with van der Waals surface area (Å²) in [5, 5.41) is 4.23. The number of aromatic nitrogens is 5. The molecule has 4 aromatic rings. The van der Waals surface area contributed by atoms with E-state index in [4.69, 9.17) is 0 Å². The number of imidazole rings is 1. The molecule has 164 valence electrons. The minimum Gasteiger partial charge on any atom is -0.335 e. The van der Waals surface area contributed by atoms with E-state index in [1.54, 1.807) is 32.3 Å². The lowest BCUT2D eigenvalue weighted by Gasteiger charge is -2.33. The van der Waals surface area contributed by atoms with E-state index in [9.17, 15) is 9.59 Å². The summed E-state index contributed by atoms with van der Waals surface area (Å²) in [4.78, 5) is 33.1. The van der Waals surface area contributed by atoms with Gasteiger partial charge in [-0.1, -0.05) is 30.3 Å². The van der Waals surface area contributed by atoms with Crippen LogP contribution >= 0.6 is 0 Å². The number of amides is 1. The molecule has 1 aliphatic rings. The van der Waals surface area contributed by atoms with E-state index in [2.05, 4.69) is 10.1 Å². The molecule has 0 aliphatic carbocycles. The predicted octanol–water partition coefficient (Wildman–Crippen LogP) is 2.94. The summed E-state index contributed by atoms with van der Waals surface area (Å²) in [7, 11) is 0. The molecular weight excluding hydrogens is 404 g/mol. The number of carbonyl (C=O) groups is 1. The van der Waals surface area contributed by atoms with Crippen LogP contribution in [-0.4, -0.2) is 47.8 Å². The summed E-state index contributed by atoms with van der Waals surface area (Å²) in [6.07, 6.45) is 5.04. The monoisotopic (exact) mass is 430 g/mol. The molecule has 1 aliphatic heterocycles. The first kappa shape index (κ1) is 20.2. The summed E-state index contributed by atoms with van der Waals surface area (Å²) in [6, 6.07) is 15.4. The van der Waals surface area contributed by atoms with Gasteiger partial charge in [-0.15, -0.1) is 0 Å². The second kappa shape index (κ2) is 8.45. The largest absolute Gasteiger partial charge is 0.335 e. The zero-order valence-corrected chi connectivity index (χ0v) is 18.1. The number of piperidine rings is 1. The molecule has 8 heteroatoms. The number of carbonyl (C=O) groups excluding carboxylic acids is 1. The smallest absolute Gasteiger partial charge is 0.330 e. The number of rotatable bonds is 5. The van der Waals surface area contributed by atoms with Crippen molar-refractivity contribution in [3.8, 4) is 0 Å². The third kappa shape index (κ3) is 3.51. The van der Waals surface area contributed by atoms with Gasteiger partial charge in [-0.2, -0.15) is 5.10 Å². The van der Waals surface area contributed by atoms with Crippen LogP contribution < -0.4 is 5.69 Å². The second-order valence-electron chi connectivity index (χ2n) is 8.15. The molecular formula is C24H26N6O2. The molecule has 1 amide bonds. The van der Waals surface area contributed by atoms with Gasteiger partial charge in [0.15, 0.2) is 5.65 Å². The Labute approximate surface area is 185 Å². The number of hydrogen-bond acceptors (Lipinski definition) is 4. The van der Waals surface area contributed by atoms with Gasteiger partial charge in [0.1, 0.15) is 5.69 Å². The minimum atomic E-state index is -0.118. The quantitative estimate of drug-likeness (QED) is 0.488. The fraction of sp³-hybridized carbons (Fsp3) is 0.333. The van der Waals surface area contributed by atoms with Crippen molar-refractivity contribution in [1.82, 2.24) is 28.8 Å². The van der Waals surface area contributed by atoms with Crippen molar-refractivity contribution >= 4 is 17.1 Å². The first-order chi connectivity index (χ1) is 15.7. The van der Waals surface area contributed by atoms with Crippen LogP contribution in [0.5, 0.6) is 0 Å². The Bertz CT molecular complexity index is 1300. The van der Waals surface area contributed by atoms with Gasteiger partial charge in [-0.05, 0) is 43.5 Å². The molecule has 1 fully saturated rings. The van der Waals surface area contributed by atoms with Gasteiger partial charge in [0.2, 0.25) is 0 Å². The van der Waals surface area contributed by atoms with E-state index in [1.165, 1.54) is 0 Å². The van der Waals surface area contributed by atoms with Crippen LogP contribution in [0.4, 0.5) is 0 Å². The molecule has 8 nitrogen and oxygen atoms in total. The van der Waals surface area contributed by atoms with Crippen molar-refractivity contribution in [2.75, 3.05) is 13.1 Å². The van der Waals surface area contributed by atoms with Crippen molar-refractivity contribution in [2.45, 2.75) is 38.9 Å². The summed E-state index contributed by atoms with van der Waals surface area (Å²) >= 11 is 0. The number of hydrogen-bond donors (Lipinski definition) is 0. The van der Waals surface area contributed by atoms with Gasteiger partial charge < -0.3 is 4.90 Å². The van der Waals surface area contributed by atoms with Crippen LogP contribution in [0.3, 0.4) is 0 Å². The second-order valence-corrected chi connectivity index (χ2v) is 8.15. The molecule has 0 N–H and O–H groups in total.